The largest absolute Gasteiger partial charge is 0.463 e. The molecule has 5 rings (SSSR count). The fourth-order valence-corrected chi connectivity index (χ4v) is 12.4. The van der Waals surface area contributed by atoms with Crippen LogP contribution in [-0.4, -0.2) is 59.5 Å². The predicted octanol–water partition coefficient (Wildman–Crippen LogP) is 10.4. The second-order valence-corrected chi connectivity index (χ2v) is 19.9. The molecule has 4 N–H and O–H groups in total. The monoisotopic (exact) mass is 758 g/mol. The Morgan fingerprint density at radius 2 is 1.56 bits per heavy atom. The van der Waals surface area contributed by atoms with Gasteiger partial charge in [0.2, 0.25) is 0 Å². The molecular formula is C47H83NO6. The number of ether oxygens (including phenoxy) is 3. The Bertz CT molecular complexity index is 1170. The minimum atomic E-state index is -1.24. The Labute approximate surface area is 330 Å². The molecule has 1 heterocycles. The molecule has 13 atom stereocenters. The maximum absolute atomic E-state index is 12.6. The number of hydrogen-bond donors (Lipinski definition) is 3. The fraction of sp³-hybridized carbons (Fsp3) is 0.936. The second-order valence-electron chi connectivity index (χ2n) is 19.9. The highest BCUT2D eigenvalue weighted by Gasteiger charge is 2.59. The lowest BCUT2D eigenvalue weighted by Gasteiger charge is -2.58. The summed E-state index contributed by atoms with van der Waals surface area (Å²) in [7, 11) is 0. The van der Waals surface area contributed by atoms with Crippen molar-refractivity contribution in [3.05, 3.63) is 11.6 Å². The van der Waals surface area contributed by atoms with Crippen molar-refractivity contribution in [2.75, 3.05) is 6.61 Å². The summed E-state index contributed by atoms with van der Waals surface area (Å²) in [6.45, 7) is 14.6. The molecule has 0 radical (unpaired) electrons. The Morgan fingerprint density at radius 1 is 0.870 bits per heavy atom. The van der Waals surface area contributed by atoms with Gasteiger partial charge in [0.15, 0.2) is 6.29 Å². The average molecular weight is 758 g/mol. The third-order valence-corrected chi connectivity index (χ3v) is 15.7. The van der Waals surface area contributed by atoms with Crippen molar-refractivity contribution >= 4 is 5.97 Å². The summed E-state index contributed by atoms with van der Waals surface area (Å²) in [4.78, 5) is 12.6. The quantitative estimate of drug-likeness (QED) is 0.0607. The zero-order valence-corrected chi connectivity index (χ0v) is 35.6. The number of esters is 1. The first-order chi connectivity index (χ1) is 25.9. The van der Waals surface area contributed by atoms with E-state index in [1.807, 2.05) is 0 Å². The maximum Gasteiger partial charge on any atom is 0.305 e. The highest BCUT2D eigenvalue weighted by atomic mass is 16.7. The lowest BCUT2D eigenvalue weighted by molar-refractivity contribution is -0.281. The molecule has 4 aliphatic carbocycles. The number of aliphatic hydroxyl groups excluding tert-OH is 2. The second kappa shape index (κ2) is 20.6. The van der Waals surface area contributed by atoms with Gasteiger partial charge in [0.1, 0.15) is 24.9 Å². The number of unbranched alkanes of at least 4 members (excludes halogenated alkanes) is 10. The minimum absolute atomic E-state index is 0.0555. The molecule has 1 aliphatic heterocycles. The molecule has 7 nitrogen and oxygen atoms in total. The Balaban J connectivity index is 1.06. The molecule has 312 valence electrons. The molecule has 0 spiro atoms. The van der Waals surface area contributed by atoms with Gasteiger partial charge in [0.25, 0.3) is 0 Å². The standard InChI is InChI=1S/C47H83NO6/c1-7-8-9-10-11-12-13-14-15-16-17-21-41(49)52-31-40-43(50)44(51)42(48)45(54-40)53-35-26-28-46(5)34(30-35)22-23-36-38-25-24-37(33(4)20-18-19-32(2)3)47(38,6)29-27-39(36)46/h22,32-33,35-40,42-45,50-51H,7-21,23-31,48H2,1-6H3/t33-,35?,36?,37-,38?,39?,40-,42-,43-,44-,45+,46+,47-/m1/s1. The minimum Gasteiger partial charge on any atom is -0.463 e. The number of hydrogen-bond acceptors (Lipinski definition) is 7. The normalized spacial score (nSPS) is 38.4. The van der Waals surface area contributed by atoms with Crippen molar-refractivity contribution in [1.82, 2.24) is 0 Å². The van der Waals surface area contributed by atoms with Crippen LogP contribution in [-0.2, 0) is 19.0 Å². The third-order valence-electron chi connectivity index (χ3n) is 15.7. The van der Waals surface area contributed by atoms with Gasteiger partial charge in [-0.1, -0.05) is 137 Å². The number of nitrogens with two attached hydrogens (primary N) is 1. The number of rotatable bonds is 21. The van der Waals surface area contributed by atoms with Gasteiger partial charge >= 0.3 is 5.97 Å². The molecule has 0 aromatic rings. The van der Waals surface area contributed by atoms with E-state index in [9.17, 15) is 15.0 Å². The van der Waals surface area contributed by atoms with Crippen molar-refractivity contribution in [2.24, 2.45) is 52.1 Å². The van der Waals surface area contributed by atoms with Crippen LogP contribution in [0.5, 0.6) is 0 Å². The van der Waals surface area contributed by atoms with Crippen molar-refractivity contribution in [1.29, 1.82) is 0 Å². The van der Waals surface area contributed by atoms with Crippen LogP contribution in [0.15, 0.2) is 11.6 Å². The van der Waals surface area contributed by atoms with Gasteiger partial charge in [-0.15, -0.1) is 0 Å². The van der Waals surface area contributed by atoms with Crippen LogP contribution >= 0.6 is 0 Å². The van der Waals surface area contributed by atoms with Crippen molar-refractivity contribution < 1.29 is 29.2 Å². The van der Waals surface area contributed by atoms with Crippen molar-refractivity contribution in [2.45, 2.75) is 226 Å². The summed E-state index contributed by atoms with van der Waals surface area (Å²) in [6.07, 6.45) is 25.9. The van der Waals surface area contributed by atoms with E-state index in [0.29, 0.717) is 11.8 Å². The molecule has 4 unspecified atom stereocenters. The van der Waals surface area contributed by atoms with E-state index in [1.165, 1.54) is 108 Å². The SMILES string of the molecule is CCCCCCCCCCCCCC(=O)OC[C@H]1O[C@H](OC2CC[C@@]3(C)C(=CCC4C3CC[C@@]3(C)C4CC[C@@H]3[C@H](C)CCCC(C)C)C2)[C@H](N)[C@@H](O)[C@@H]1O. The van der Waals surface area contributed by atoms with Crippen LogP contribution < -0.4 is 5.73 Å². The summed E-state index contributed by atoms with van der Waals surface area (Å²) < 4.78 is 18.3. The lowest BCUT2D eigenvalue weighted by Crippen LogP contribution is -2.63. The first kappa shape index (κ1) is 44.1. The van der Waals surface area contributed by atoms with Gasteiger partial charge in [-0.05, 0) is 104 Å². The van der Waals surface area contributed by atoms with Gasteiger partial charge < -0.3 is 30.2 Å². The van der Waals surface area contributed by atoms with E-state index >= 15 is 0 Å². The van der Waals surface area contributed by atoms with Gasteiger partial charge in [0.05, 0.1) is 12.1 Å². The number of aliphatic hydroxyl groups is 2. The lowest BCUT2D eigenvalue weighted by atomic mass is 9.47. The number of fused-ring (bicyclic) bond motifs is 5. The van der Waals surface area contributed by atoms with Crippen LogP contribution in [0.2, 0.25) is 0 Å². The molecule has 1 saturated heterocycles. The molecule has 0 bridgehead atoms. The summed E-state index contributed by atoms with van der Waals surface area (Å²) in [5.74, 6) is 4.57. The molecule has 4 fully saturated rings. The number of carbonyl (C=O) groups excluding carboxylic acids is 1. The van der Waals surface area contributed by atoms with Crippen molar-refractivity contribution in [3.8, 4) is 0 Å². The van der Waals surface area contributed by atoms with Gasteiger partial charge in [-0.25, -0.2) is 0 Å². The smallest absolute Gasteiger partial charge is 0.305 e. The van der Waals surface area contributed by atoms with Crippen molar-refractivity contribution in [3.63, 3.8) is 0 Å². The van der Waals surface area contributed by atoms with E-state index in [2.05, 4.69) is 47.6 Å². The highest BCUT2D eigenvalue weighted by molar-refractivity contribution is 5.69. The predicted molar refractivity (Wildman–Crippen MR) is 219 cm³/mol. The molecule has 54 heavy (non-hydrogen) atoms. The van der Waals surface area contributed by atoms with Gasteiger partial charge in [-0.3, -0.25) is 4.79 Å². The molecule has 0 aromatic heterocycles. The molecule has 3 saturated carbocycles. The maximum atomic E-state index is 12.6. The van der Waals surface area contributed by atoms with Gasteiger partial charge in [-0.2, -0.15) is 0 Å². The molecular weight excluding hydrogens is 675 g/mol. The topological polar surface area (TPSA) is 111 Å². The van der Waals surface area contributed by atoms with E-state index < -0.39 is 30.6 Å². The van der Waals surface area contributed by atoms with Gasteiger partial charge in [0, 0.05) is 6.42 Å². The molecule has 5 aliphatic rings. The van der Waals surface area contributed by atoms with Crippen LogP contribution in [0, 0.1) is 46.3 Å². The Kier molecular flexibility index (Phi) is 16.8. The highest BCUT2D eigenvalue weighted by Crippen LogP contribution is 2.67. The zero-order chi connectivity index (χ0) is 38.9. The van der Waals surface area contributed by atoms with Crippen LogP contribution in [0.1, 0.15) is 189 Å². The molecule has 0 amide bonds. The van der Waals surface area contributed by atoms with E-state index in [0.717, 1.165) is 74.0 Å². The molecule has 0 aromatic carbocycles. The fourth-order valence-electron chi connectivity index (χ4n) is 12.4. The zero-order valence-electron chi connectivity index (χ0n) is 35.6. The summed E-state index contributed by atoms with van der Waals surface area (Å²) >= 11 is 0. The summed E-state index contributed by atoms with van der Waals surface area (Å²) in [5, 5.41) is 21.7. The van der Waals surface area contributed by atoms with Crippen LogP contribution in [0.25, 0.3) is 0 Å². The van der Waals surface area contributed by atoms with Crippen LogP contribution in [0.3, 0.4) is 0 Å². The van der Waals surface area contributed by atoms with E-state index in [1.54, 1.807) is 0 Å². The number of carbonyl (C=O) groups is 1. The van der Waals surface area contributed by atoms with E-state index in [-0.39, 0.29) is 24.1 Å². The third kappa shape index (κ3) is 10.7. The Hall–Kier alpha value is -0.990. The average Bonchev–Trinajstić information content (AvgIpc) is 3.50. The van der Waals surface area contributed by atoms with E-state index in [4.69, 9.17) is 19.9 Å². The first-order valence-corrected chi connectivity index (χ1v) is 23.2. The summed E-state index contributed by atoms with van der Waals surface area (Å²) in [6, 6.07) is -0.875. The number of allylic oxidation sites excluding steroid dienone is 1. The Morgan fingerprint density at radius 3 is 2.24 bits per heavy atom. The first-order valence-electron chi connectivity index (χ1n) is 23.2. The van der Waals surface area contributed by atoms with Crippen LogP contribution in [0.4, 0.5) is 0 Å². The molecule has 7 heteroatoms. The summed E-state index contributed by atoms with van der Waals surface area (Å²) in [5.41, 5.74) is 8.63.